The van der Waals surface area contributed by atoms with Crippen molar-refractivity contribution in [2.24, 2.45) is 0 Å². The second-order valence-electron chi connectivity index (χ2n) is 4.95. The number of rotatable bonds is 7. The lowest BCUT2D eigenvalue weighted by Crippen LogP contribution is -2.25. The highest BCUT2D eigenvalue weighted by atomic mass is 14.9. The van der Waals surface area contributed by atoms with Crippen LogP contribution in [0, 0.1) is 6.92 Å². The molecular formula is C16H25N. The predicted molar refractivity (Wildman–Crippen MR) is 76.4 cm³/mol. The molecule has 1 heteroatoms. The van der Waals surface area contributed by atoms with Gasteiger partial charge in [0.15, 0.2) is 0 Å². The van der Waals surface area contributed by atoms with E-state index >= 15 is 0 Å². The van der Waals surface area contributed by atoms with E-state index in [4.69, 9.17) is 0 Å². The van der Waals surface area contributed by atoms with Gasteiger partial charge < -0.3 is 5.32 Å². The molecule has 1 rings (SSSR count). The number of nitrogens with one attached hydrogen (secondary N) is 1. The Kier molecular flexibility index (Phi) is 5.99. The first-order valence-electron chi connectivity index (χ1n) is 6.49. The first-order chi connectivity index (χ1) is 8.13. The monoisotopic (exact) mass is 231 g/mol. The lowest BCUT2D eigenvalue weighted by Gasteiger charge is -2.16. The van der Waals surface area contributed by atoms with Crippen molar-refractivity contribution in [2.45, 2.75) is 45.6 Å². The summed E-state index contributed by atoms with van der Waals surface area (Å²) in [5.41, 5.74) is 4.16. The Morgan fingerprint density at radius 3 is 2.59 bits per heavy atom. The molecule has 0 fully saturated rings. The third-order valence-corrected chi connectivity index (χ3v) is 3.35. The van der Waals surface area contributed by atoms with E-state index in [0.717, 1.165) is 12.8 Å². The average Bonchev–Trinajstić information content (AvgIpc) is 2.31. The third-order valence-electron chi connectivity index (χ3n) is 3.35. The van der Waals surface area contributed by atoms with Gasteiger partial charge in [0.2, 0.25) is 0 Å². The van der Waals surface area contributed by atoms with E-state index in [1.54, 1.807) is 0 Å². The quantitative estimate of drug-likeness (QED) is 0.702. The first-order valence-corrected chi connectivity index (χ1v) is 6.49. The maximum Gasteiger partial charge on any atom is 0.00702 e. The number of allylic oxidation sites excluding steroid dienone is 1. The molecule has 1 aromatic carbocycles. The fourth-order valence-corrected chi connectivity index (χ4v) is 2.07. The van der Waals surface area contributed by atoms with Crippen LogP contribution in [-0.4, -0.2) is 13.1 Å². The lowest BCUT2D eigenvalue weighted by atomic mass is 9.98. The second kappa shape index (κ2) is 7.29. The van der Waals surface area contributed by atoms with Crippen molar-refractivity contribution in [1.82, 2.24) is 5.32 Å². The summed E-state index contributed by atoms with van der Waals surface area (Å²) >= 11 is 0. The summed E-state index contributed by atoms with van der Waals surface area (Å²) in [4.78, 5) is 0. The van der Waals surface area contributed by atoms with E-state index in [9.17, 15) is 0 Å². The second-order valence-corrected chi connectivity index (χ2v) is 4.95. The molecule has 17 heavy (non-hydrogen) atoms. The van der Waals surface area contributed by atoms with Crippen LogP contribution in [0.2, 0.25) is 0 Å². The molecule has 1 nitrogen and oxygen atoms in total. The Bertz CT molecular complexity index is 354. The summed E-state index contributed by atoms with van der Waals surface area (Å²) in [6.45, 7) is 8.26. The van der Waals surface area contributed by atoms with Crippen LogP contribution in [0.5, 0.6) is 0 Å². The molecule has 0 aliphatic carbocycles. The standard InChI is InChI=1S/C16H25N/c1-13(2)9-11-16(17-4)12-10-15-8-6-5-7-14(15)3/h5-8,16-17H,1,9-12H2,2-4H3. The van der Waals surface area contributed by atoms with Crippen LogP contribution in [0.15, 0.2) is 36.4 Å². The molecule has 0 heterocycles. The maximum atomic E-state index is 3.97. The Hall–Kier alpha value is -1.08. The van der Waals surface area contributed by atoms with Crippen LogP contribution >= 0.6 is 0 Å². The van der Waals surface area contributed by atoms with Gasteiger partial charge in [-0.3, -0.25) is 0 Å². The zero-order valence-corrected chi connectivity index (χ0v) is 11.4. The molecule has 0 aromatic heterocycles. The lowest BCUT2D eigenvalue weighted by molar-refractivity contribution is 0.488. The highest BCUT2D eigenvalue weighted by Gasteiger charge is 2.07. The van der Waals surface area contributed by atoms with E-state index in [2.05, 4.69) is 57.1 Å². The van der Waals surface area contributed by atoms with Crippen molar-refractivity contribution in [3.05, 3.63) is 47.5 Å². The minimum absolute atomic E-state index is 0.603. The van der Waals surface area contributed by atoms with Gasteiger partial charge in [-0.25, -0.2) is 0 Å². The van der Waals surface area contributed by atoms with Gasteiger partial charge >= 0.3 is 0 Å². The first kappa shape index (κ1) is 14.0. The van der Waals surface area contributed by atoms with E-state index < -0.39 is 0 Å². The van der Waals surface area contributed by atoms with Gasteiger partial charge in [-0.1, -0.05) is 29.8 Å². The summed E-state index contributed by atoms with van der Waals surface area (Å²) < 4.78 is 0. The normalized spacial score (nSPS) is 12.4. The average molecular weight is 231 g/mol. The summed E-state index contributed by atoms with van der Waals surface area (Å²) in [6.07, 6.45) is 4.68. The minimum atomic E-state index is 0.603. The molecule has 0 saturated carbocycles. The molecular weight excluding hydrogens is 206 g/mol. The Balaban J connectivity index is 2.42. The molecule has 0 saturated heterocycles. The summed E-state index contributed by atoms with van der Waals surface area (Å²) in [5, 5.41) is 3.41. The summed E-state index contributed by atoms with van der Waals surface area (Å²) in [5.74, 6) is 0. The molecule has 1 N–H and O–H groups in total. The van der Waals surface area contributed by atoms with Gasteiger partial charge in [-0.15, -0.1) is 6.58 Å². The van der Waals surface area contributed by atoms with Crippen LogP contribution in [0.1, 0.15) is 37.3 Å². The number of aryl methyl sites for hydroxylation is 2. The number of hydrogen-bond donors (Lipinski definition) is 1. The van der Waals surface area contributed by atoms with E-state index in [1.807, 2.05) is 0 Å². The van der Waals surface area contributed by atoms with Crippen LogP contribution in [-0.2, 0) is 6.42 Å². The van der Waals surface area contributed by atoms with Gasteiger partial charge in [-0.2, -0.15) is 0 Å². The summed E-state index contributed by atoms with van der Waals surface area (Å²) in [6, 6.07) is 9.27. The molecule has 94 valence electrons. The molecule has 1 aromatic rings. The molecule has 0 spiro atoms. The highest BCUT2D eigenvalue weighted by molar-refractivity contribution is 5.25. The van der Waals surface area contributed by atoms with Gasteiger partial charge in [0, 0.05) is 6.04 Å². The molecule has 1 unspecified atom stereocenters. The Labute approximate surface area is 106 Å². The molecule has 0 aliphatic rings. The van der Waals surface area contributed by atoms with E-state index in [0.29, 0.717) is 6.04 Å². The Morgan fingerprint density at radius 2 is 2.00 bits per heavy atom. The van der Waals surface area contributed by atoms with Gasteiger partial charge in [0.05, 0.1) is 0 Å². The van der Waals surface area contributed by atoms with Crippen LogP contribution in [0.3, 0.4) is 0 Å². The van der Waals surface area contributed by atoms with E-state index in [1.165, 1.54) is 29.5 Å². The fraction of sp³-hybridized carbons (Fsp3) is 0.500. The van der Waals surface area contributed by atoms with Crippen LogP contribution in [0.4, 0.5) is 0 Å². The Morgan fingerprint density at radius 1 is 1.29 bits per heavy atom. The van der Waals surface area contributed by atoms with Crippen molar-refractivity contribution in [3.63, 3.8) is 0 Å². The zero-order chi connectivity index (χ0) is 12.7. The highest BCUT2D eigenvalue weighted by Crippen LogP contribution is 2.14. The third kappa shape index (κ3) is 5.18. The maximum absolute atomic E-state index is 3.97. The van der Waals surface area contributed by atoms with Crippen molar-refractivity contribution in [3.8, 4) is 0 Å². The van der Waals surface area contributed by atoms with Gasteiger partial charge in [0.1, 0.15) is 0 Å². The van der Waals surface area contributed by atoms with E-state index in [-0.39, 0.29) is 0 Å². The molecule has 0 bridgehead atoms. The minimum Gasteiger partial charge on any atom is -0.317 e. The van der Waals surface area contributed by atoms with Crippen LogP contribution < -0.4 is 5.32 Å². The van der Waals surface area contributed by atoms with Crippen molar-refractivity contribution in [2.75, 3.05) is 7.05 Å². The fourth-order valence-electron chi connectivity index (χ4n) is 2.07. The van der Waals surface area contributed by atoms with Gasteiger partial charge in [0.25, 0.3) is 0 Å². The molecule has 0 radical (unpaired) electrons. The molecule has 0 amide bonds. The predicted octanol–water partition coefficient (Wildman–Crippen LogP) is 3.87. The van der Waals surface area contributed by atoms with Crippen molar-refractivity contribution >= 4 is 0 Å². The zero-order valence-electron chi connectivity index (χ0n) is 11.4. The SMILES string of the molecule is C=C(C)CCC(CCc1ccccc1C)NC. The van der Waals surface area contributed by atoms with Gasteiger partial charge in [-0.05, 0) is 57.7 Å². The molecule has 1 atom stereocenters. The number of benzene rings is 1. The smallest absolute Gasteiger partial charge is 0.00702 e. The summed E-state index contributed by atoms with van der Waals surface area (Å²) in [7, 11) is 2.06. The molecule has 0 aliphatic heterocycles. The number of hydrogen-bond acceptors (Lipinski definition) is 1. The topological polar surface area (TPSA) is 12.0 Å². The van der Waals surface area contributed by atoms with Crippen molar-refractivity contribution < 1.29 is 0 Å². The van der Waals surface area contributed by atoms with Crippen molar-refractivity contribution in [1.29, 1.82) is 0 Å². The largest absolute Gasteiger partial charge is 0.317 e. The van der Waals surface area contributed by atoms with Crippen LogP contribution in [0.25, 0.3) is 0 Å².